The van der Waals surface area contributed by atoms with Crippen LogP contribution in [0.3, 0.4) is 0 Å². The van der Waals surface area contributed by atoms with Gasteiger partial charge >= 0.3 is 6.03 Å². The highest BCUT2D eigenvalue weighted by atomic mass is 16.7. The molecule has 0 atom stereocenters. The molecule has 3 aromatic carbocycles. The number of rotatable bonds is 8. The van der Waals surface area contributed by atoms with E-state index in [2.05, 4.69) is 60.1 Å². The second kappa shape index (κ2) is 10.4. The Morgan fingerprint density at radius 3 is 2.28 bits per heavy atom. The Balaban J connectivity index is 1.55. The lowest BCUT2D eigenvalue weighted by Crippen LogP contribution is -2.35. The second-order valence-electron chi connectivity index (χ2n) is 7.15. The number of hydrogen-bond acceptors (Lipinski definition) is 3. The van der Waals surface area contributed by atoms with E-state index in [0.717, 1.165) is 28.8 Å². The van der Waals surface area contributed by atoms with Crippen molar-refractivity contribution in [3.8, 4) is 11.1 Å². The molecule has 3 rings (SSSR count). The fourth-order valence-corrected chi connectivity index (χ4v) is 3.08. The highest BCUT2D eigenvalue weighted by Gasteiger charge is 2.07. The van der Waals surface area contributed by atoms with Gasteiger partial charge in [-0.25, -0.2) is 10.3 Å². The highest BCUT2D eigenvalue weighted by molar-refractivity contribution is 5.74. The normalized spacial score (nSPS) is 10.7. The lowest BCUT2D eigenvalue weighted by Gasteiger charge is -2.13. The highest BCUT2D eigenvalue weighted by Crippen LogP contribution is 2.24. The molecule has 0 saturated heterocycles. The summed E-state index contributed by atoms with van der Waals surface area (Å²) in [5, 5.41) is 2.85. The van der Waals surface area contributed by atoms with Crippen LogP contribution in [0.5, 0.6) is 0 Å². The van der Waals surface area contributed by atoms with E-state index in [1.165, 1.54) is 5.56 Å². The van der Waals surface area contributed by atoms with Crippen LogP contribution in [0.25, 0.3) is 11.1 Å². The molecule has 0 aliphatic heterocycles. The van der Waals surface area contributed by atoms with Gasteiger partial charge in [0.05, 0.1) is 6.61 Å². The van der Waals surface area contributed by atoms with Crippen LogP contribution >= 0.6 is 0 Å². The largest absolute Gasteiger partial charge is 0.338 e. The molecule has 0 fully saturated rings. The first kappa shape index (κ1) is 20.6. The van der Waals surface area contributed by atoms with Crippen LogP contribution in [0.15, 0.2) is 78.9 Å². The maximum atomic E-state index is 12.0. The van der Waals surface area contributed by atoms with Gasteiger partial charge in [0, 0.05) is 13.1 Å². The van der Waals surface area contributed by atoms with E-state index >= 15 is 0 Å². The molecule has 0 spiro atoms. The second-order valence-corrected chi connectivity index (χ2v) is 7.15. The van der Waals surface area contributed by atoms with Gasteiger partial charge < -0.3 is 10.2 Å². The van der Waals surface area contributed by atoms with E-state index in [0.29, 0.717) is 13.2 Å². The van der Waals surface area contributed by atoms with Gasteiger partial charge in [-0.2, -0.15) is 0 Å². The zero-order valence-corrected chi connectivity index (χ0v) is 16.9. The molecule has 0 bridgehead atoms. The minimum atomic E-state index is -0.364. The molecule has 5 heteroatoms. The third kappa shape index (κ3) is 6.45. The van der Waals surface area contributed by atoms with Crippen LogP contribution in [0.2, 0.25) is 0 Å². The average Bonchev–Trinajstić information content (AvgIpc) is 2.73. The third-order valence-electron chi connectivity index (χ3n) is 4.47. The first-order valence-electron chi connectivity index (χ1n) is 9.63. The molecule has 0 unspecified atom stereocenters. The molecule has 29 heavy (non-hydrogen) atoms. The molecule has 2 amide bonds. The smallest absolute Gasteiger partial charge is 0.332 e. The van der Waals surface area contributed by atoms with Crippen LogP contribution in [0.1, 0.15) is 16.7 Å². The van der Waals surface area contributed by atoms with Crippen LogP contribution < -0.4 is 10.8 Å². The monoisotopic (exact) mass is 389 g/mol. The van der Waals surface area contributed by atoms with Crippen molar-refractivity contribution in [1.82, 2.24) is 15.7 Å². The fourth-order valence-electron chi connectivity index (χ4n) is 3.08. The zero-order valence-electron chi connectivity index (χ0n) is 16.9. The topological polar surface area (TPSA) is 53.6 Å². The molecule has 150 valence electrons. The summed E-state index contributed by atoms with van der Waals surface area (Å²) in [7, 11) is 4.12. The van der Waals surface area contributed by atoms with Gasteiger partial charge in [-0.05, 0) is 41.9 Å². The van der Waals surface area contributed by atoms with Crippen molar-refractivity contribution >= 4 is 6.03 Å². The predicted octanol–water partition coefficient (Wildman–Crippen LogP) is 4.35. The van der Waals surface area contributed by atoms with Crippen LogP contribution in [-0.4, -0.2) is 25.0 Å². The van der Waals surface area contributed by atoms with Gasteiger partial charge in [0.25, 0.3) is 0 Å². The fraction of sp³-hybridized carbons (Fsp3) is 0.208. The molecule has 0 radical (unpaired) electrons. The van der Waals surface area contributed by atoms with Crippen molar-refractivity contribution in [1.29, 1.82) is 0 Å². The standard InChI is InChI=1S/C24H27N3O2/c1-27(2)17-19-12-14-21(15-13-19)23-11-7-6-10-22(23)16-25-24(28)26-29-18-20-8-4-3-5-9-20/h3-15H,16-18H2,1-2H3,(H2,25,26,28). The summed E-state index contributed by atoms with van der Waals surface area (Å²) in [6.07, 6.45) is 0. The Kier molecular flexibility index (Phi) is 7.39. The molecule has 0 saturated carbocycles. The van der Waals surface area contributed by atoms with E-state index in [4.69, 9.17) is 4.84 Å². The number of nitrogens with zero attached hydrogens (tertiary/aromatic N) is 1. The van der Waals surface area contributed by atoms with Gasteiger partial charge in [0.2, 0.25) is 0 Å². The third-order valence-corrected chi connectivity index (χ3v) is 4.47. The Morgan fingerprint density at radius 2 is 1.55 bits per heavy atom. The van der Waals surface area contributed by atoms with E-state index < -0.39 is 0 Å². The van der Waals surface area contributed by atoms with E-state index in [1.54, 1.807) is 0 Å². The van der Waals surface area contributed by atoms with Gasteiger partial charge in [-0.3, -0.25) is 4.84 Å². The van der Waals surface area contributed by atoms with Crippen molar-refractivity contribution in [2.75, 3.05) is 14.1 Å². The van der Waals surface area contributed by atoms with Crippen molar-refractivity contribution in [3.63, 3.8) is 0 Å². The average molecular weight is 389 g/mol. The van der Waals surface area contributed by atoms with Crippen LogP contribution in [0, 0.1) is 0 Å². The summed E-state index contributed by atoms with van der Waals surface area (Å²) in [5.41, 5.74) is 7.98. The predicted molar refractivity (Wildman–Crippen MR) is 116 cm³/mol. The number of hydrogen-bond donors (Lipinski definition) is 2. The first-order chi connectivity index (χ1) is 14.1. The lowest BCUT2D eigenvalue weighted by molar-refractivity contribution is 0.0490. The molecule has 3 aromatic rings. The number of urea groups is 1. The number of carbonyl (C=O) groups is 1. The summed E-state index contributed by atoms with van der Waals surface area (Å²) in [6.45, 7) is 1.65. The van der Waals surface area contributed by atoms with Gasteiger partial charge in [0.15, 0.2) is 0 Å². The Hall–Kier alpha value is -3.15. The number of benzene rings is 3. The first-order valence-corrected chi connectivity index (χ1v) is 9.63. The van der Waals surface area contributed by atoms with Crippen molar-refractivity contribution in [2.24, 2.45) is 0 Å². The molecule has 0 heterocycles. The zero-order chi connectivity index (χ0) is 20.5. The SMILES string of the molecule is CN(C)Cc1ccc(-c2ccccc2CNC(=O)NOCc2ccccc2)cc1. The lowest BCUT2D eigenvalue weighted by atomic mass is 9.98. The molecular formula is C24H27N3O2. The Labute approximate surface area is 172 Å². The summed E-state index contributed by atoms with van der Waals surface area (Å²) < 4.78 is 0. The minimum absolute atomic E-state index is 0.324. The van der Waals surface area contributed by atoms with E-state index in [1.807, 2.05) is 48.5 Å². The maximum absolute atomic E-state index is 12.0. The Bertz CT molecular complexity index is 909. The number of nitrogens with one attached hydrogen (secondary N) is 2. The van der Waals surface area contributed by atoms with Crippen molar-refractivity contribution < 1.29 is 9.63 Å². The quantitative estimate of drug-likeness (QED) is 0.563. The van der Waals surface area contributed by atoms with Gasteiger partial charge in [-0.1, -0.05) is 78.9 Å². The van der Waals surface area contributed by atoms with Gasteiger partial charge in [-0.15, -0.1) is 0 Å². The van der Waals surface area contributed by atoms with Crippen molar-refractivity contribution in [2.45, 2.75) is 19.7 Å². The molecule has 0 aliphatic rings. The summed E-state index contributed by atoms with van der Waals surface area (Å²) >= 11 is 0. The number of hydroxylamine groups is 1. The number of carbonyl (C=O) groups excluding carboxylic acids is 1. The molecule has 5 nitrogen and oxygen atoms in total. The number of amides is 2. The molecule has 0 aromatic heterocycles. The molecular weight excluding hydrogens is 362 g/mol. The van der Waals surface area contributed by atoms with Crippen LogP contribution in [-0.2, 0) is 24.5 Å². The van der Waals surface area contributed by atoms with Crippen molar-refractivity contribution in [3.05, 3.63) is 95.6 Å². The molecule has 0 aliphatic carbocycles. The maximum Gasteiger partial charge on any atom is 0.338 e. The Morgan fingerprint density at radius 1 is 0.862 bits per heavy atom. The summed E-state index contributed by atoms with van der Waals surface area (Å²) in [6, 6.07) is 25.9. The summed E-state index contributed by atoms with van der Waals surface area (Å²) in [5.74, 6) is 0. The van der Waals surface area contributed by atoms with Crippen LogP contribution in [0.4, 0.5) is 4.79 Å². The molecule has 2 N–H and O–H groups in total. The van der Waals surface area contributed by atoms with E-state index in [9.17, 15) is 4.79 Å². The van der Waals surface area contributed by atoms with E-state index in [-0.39, 0.29) is 6.03 Å². The van der Waals surface area contributed by atoms with Gasteiger partial charge in [0.1, 0.15) is 0 Å². The summed E-state index contributed by atoms with van der Waals surface area (Å²) in [4.78, 5) is 19.5. The minimum Gasteiger partial charge on any atom is -0.332 e.